The van der Waals surface area contributed by atoms with Crippen molar-refractivity contribution >= 4 is 72.4 Å². The van der Waals surface area contributed by atoms with Gasteiger partial charge in [-0.1, -0.05) is 62.9 Å². The maximum absolute atomic E-state index is 11.6. The monoisotopic (exact) mass is 552 g/mol. The van der Waals surface area contributed by atoms with Crippen LogP contribution in [-0.2, 0) is 6.73 Å². The lowest BCUT2D eigenvalue weighted by Crippen LogP contribution is -2.06. The third kappa shape index (κ3) is 4.27. The Morgan fingerprint density at radius 1 is 1.04 bits per heavy atom. The molecule has 0 radical (unpaired) electrons. The molecule has 0 bridgehead atoms. The second kappa shape index (κ2) is 8.41. The molecule has 1 aromatic heterocycles. The van der Waals surface area contributed by atoms with Crippen molar-refractivity contribution in [2.75, 3.05) is 0 Å². The summed E-state index contributed by atoms with van der Waals surface area (Å²) >= 11 is 25.3. The lowest BCUT2D eigenvalue weighted by molar-refractivity contribution is -0.384. The summed E-state index contributed by atoms with van der Waals surface area (Å²) in [4.78, 5) is 11.0. The Morgan fingerprint density at radius 3 is 2.30 bits per heavy atom. The maximum Gasteiger partial charge on any atom is 0.315 e. The first-order chi connectivity index (χ1) is 12.8. The van der Waals surface area contributed by atoms with Crippen LogP contribution in [0.25, 0.3) is 11.1 Å². The Kier molecular flexibility index (Phi) is 6.38. The Bertz CT molecular complexity index is 1020. The zero-order valence-electron chi connectivity index (χ0n) is 13.3. The summed E-state index contributed by atoms with van der Waals surface area (Å²) in [6.07, 6.45) is 0. The Balaban J connectivity index is 2.02. The highest BCUT2D eigenvalue weighted by Gasteiger charge is 2.30. The van der Waals surface area contributed by atoms with Crippen molar-refractivity contribution < 1.29 is 9.66 Å². The summed E-state index contributed by atoms with van der Waals surface area (Å²) in [7, 11) is 0. The Morgan fingerprint density at radius 2 is 1.70 bits per heavy atom. The highest BCUT2D eigenvalue weighted by molar-refractivity contribution is 9.11. The molecule has 0 spiro atoms. The largest absolute Gasteiger partial charge is 0.472 e. The van der Waals surface area contributed by atoms with E-state index < -0.39 is 4.92 Å². The molecule has 3 aromatic rings. The third-order valence-corrected chi connectivity index (χ3v) is 5.81. The molecular weight excluding hydrogens is 546 g/mol. The minimum Gasteiger partial charge on any atom is -0.472 e. The van der Waals surface area contributed by atoms with Crippen LogP contribution < -0.4 is 4.74 Å². The van der Waals surface area contributed by atoms with E-state index in [0.29, 0.717) is 20.8 Å². The lowest BCUT2D eigenvalue weighted by Gasteiger charge is -2.11. The summed E-state index contributed by atoms with van der Waals surface area (Å²) < 4.78 is 8.64. The van der Waals surface area contributed by atoms with Crippen molar-refractivity contribution in [3.63, 3.8) is 0 Å². The van der Waals surface area contributed by atoms with Gasteiger partial charge in [-0.05, 0) is 51.8 Å². The molecule has 0 aliphatic carbocycles. The number of aromatic nitrogens is 1. The molecule has 0 N–H and O–H groups in total. The van der Waals surface area contributed by atoms with Gasteiger partial charge in [-0.15, -0.1) is 0 Å². The van der Waals surface area contributed by atoms with Crippen molar-refractivity contribution in [3.8, 4) is 16.9 Å². The van der Waals surface area contributed by atoms with Gasteiger partial charge in [0.25, 0.3) is 0 Å². The number of nitrogens with zero attached hydrogens (tertiary/aromatic N) is 2. The average molecular weight is 555 g/mol. The van der Waals surface area contributed by atoms with Crippen LogP contribution in [0.3, 0.4) is 0 Å². The normalized spacial score (nSPS) is 10.9. The van der Waals surface area contributed by atoms with Crippen LogP contribution in [0.2, 0.25) is 15.3 Å². The van der Waals surface area contributed by atoms with Crippen LogP contribution >= 0.6 is 66.7 Å². The van der Waals surface area contributed by atoms with E-state index in [1.54, 1.807) is 36.4 Å². The van der Waals surface area contributed by atoms with Crippen LogP contribution in [-0.4, -0.2) is 9.49 Å². The first-order valence-electron chi connectivity index (χ1n) is 7.35. The molecule has 0 saturated heterocycles. The summed E-state index contributed by atoms with van der Waals surface area (Å²) in [6, 6.07) is 11.9. The zero-order valence-corrected chi connectivity index (χ0v) is 18.7. The number of hydrogen-bond donors (Lipinski definition) is 0. The van der Waals surface area contributed by atoms with Crippen LogP contribution in [0.15, 0.2) is 51.4 Å². The number of nitro groups is 1. The van der Waals surface area contributed by atoms with Crippen molar-refractivity contribution in [1.29, 1.82) is 0 Å². The number of rotatable bonds is 5. The summed E-state index contributed by atoms with van der Waals surface area (Å²) in [5, 5.41) is 12.1. The molecule has 0 fully saturated rings. The first-order valence-corrected chi connectivity index (χ1v) is 10.1. The van der Waals surface area contributed by atoms with Crippen molar-refractivity contribution in [2.45, 2.75) is 6.73 Å². The summed E-state index contributed by atoms with van der Waals surface area (Å²) in [5.74, 6) is 0.537. The Labute approximate surface area is 186 Å². The molecule has 1 heterocycles. The number of benzene rings is 2. The first kappa shape index (κ1) is 20.5. The van der Waals surface area contributed by atoms with Gasteiger partial charge in [0.15, 0.2) is 11.9 Å². The molecule has 2 aromatic carbocycles. The molecule has 0 unspecified atom stereocenters. The molecular formula is C17H9Br2Cl3N2O3. The second-order valence-electron chi connectivity index (χ2n) is 5.35. The maximum atomic E-state index is 11.6. The van der Waals surface area contributed by atoms with Crippen LogP contribution in [0, 0.1) is 10.1 Å². The van der Waals surface area contributed by atoms with Gasteiger partial charge >= 0.3 is 5.69 Å². The van der Waals surface area contributed by atoms with Gasteiger partial charge in [-0.3, -0.25) is 14.7 Å². The fraction of sp³-hybridized carbons (Fsp3) is 0.0588. The highest BCUT2D eigenvalue weighted by atomic mass is 79.9. The molecule has 140 valence electrons. The standard InChI is InChI=1S/C17H9Br2Cl3N2O3/c18-10-3-6-13(12(19)7-10)27-8-23-16(21)14(15(17(23)22)24(25)26)9-1-4-11(20)5-2-9/h1-7H,8H2. The van der Waals surface area contributed by atoms with E-state index in [-0.39, 0.29) is 28.3 Å². The van der Waals surface area contributed by atoms with E-state index in [9.17, 15) is 10.1 Å². The molecule has 3 rings (SSSR count). The summed E-state index contributed by atoms with van der Waals surface area (Å²) in [5.41, 5.74) is 0.450. The molecule has 5 nitrogen and oxygen atoms in total. The third-order valence-electron chi connectivity index (χ3n) is 3.67. The van der Waals surface area contributed by atoms with Gasteiger partial charge in [0.2, 0.25) is 0 Å². The van der Waals surface area contributed by atoms with E-state index in [1.165, 1.54) is 4.57 Å². The predicted molar refractivity (Wildman–Crippen MR) is 114 cm³/mol. The molecule has 0 saturated carbocycles. The summed E-state index contributed by atoms with van der Waals surface area (Å²) in [6.45, 7) is -0.105. The van der Waals surface area contributed by atoms with E-state index in [4.69, 9.17) is 39.5 Å². The van der Waals surface area contributed by atoms with E-state index >= 15 is 0 Å². The lowest BCUT2D eigenvalue weighted by atomic mass is 10.1. The van der Waals surface area contributed by atoms with Gasteiger partial charge in [-0.25, -0.2) is 0 Å². The van der Waals surface area contributed by atoms with Gasteiger partial charge in [0, 0.05) is 9.50 Å². The quantitative estimate of drug-likeness (QED) is 0.241. The fourth-order valence-electron chi connectivity index (χ4n) is 2.43. The molecule has 0 aliphatic rings. The van der Waals surface area contributed by atoms with Crippen molar-refractivity contribution in [2.24, 2.45) is 0 Å². The smallest absolute Gasteiger partial charge is 0.315 e. The molecule has 0 amide bonds. The van der Waals surface area contributed by atoms with Crippen LogP contribution in [0.1, 0.15) is 0 Å². The van der Waals surface area contributed by atoms with Crippen molar-refractivity contribution in [1.82, 2.24) is 4.57 Å². The Hall–Kier alpha value is -1.25. The second-order valence-corrected chi connectivity index (χ2v) is 8.27. The molecule has 0 atom stereocenters. The predicted octanol–water partition coefficient (Wildman–Crippen LogP) is 7.59. The van der Waals surface area contributed by atoms with Gasteiger partial charge in [0.05, 0.1) is 15.0 Å². The number of halogens is 5. The molecule has 0 aliphatic heterocycles. The topological polar surface area (TPSA) is 57.3 Å². The zero-order chi connectivity index (χ0) is 19.7. The minimum atomic E-state index is -0.565. The van der Waals surface area contributed by atoms with E-state index in [1.807, 2.05) is 6.07 Å². The minimum absolute atomic E-state index is 0.0993. The van der Waals surface area contributed by atoms with Crippen LogP contribution in [0.5, 0.6) is 5.75 Å². The van der Waals surface area contributed by atoms with E-state index in [2.05, 4.69) is 31.9 Å². The number of ether oxygens (including phenoxy) is 1. The fourth-order valence-corrected chi connectivity index (χ4v) is 4.39. The van der Waals surface area contributed by atoms with Gasteiger partial charge < -0.3 is 4.74 Å². The SMILES string of the molecule is O=[N+]([O-])c1c(-c2ccc(Cl)cc2)c(Cl)n(COc2ccc(Br)cc2Br)c1Cl. The van der Waals surface area contributed by atoms with Crippen molar-refractivity contribution in [3.05, 3.63) is 76.9 Å². The molecule has 27 heavy (non-hydrogen) atoms. The van der Waals surface area contributed by atoms with Crippen LogP contribution in [0.4, 0.5) is 5.69 Å². The van der Waals surface area contributed by atoms with Gasteiger partial charge in [0.1, 0.15) is 10.9 Å². The number of hydrogen-bond acceptors (Lipinski definition) is 3. The average Bonchev–Trinajstić information content (AvgIpc) is 2.86. The molecule has 10 heteroatoms. The highest BCUT2D eigenvalue weighted by Crippen LogP contribution is 2.44. The van der Waals surface area contributed by atoms with Gasteiger partial charge in [-0.2, -0.15) is 0 Å². The van der Waals surface area contributed by atoms with E-state index in [0.717, 1.165) is 4.47 Å².